The second-order valence-electron chi connectivity index (χ2n) is 6.44. The molecular weight excluding hydrogens is 282 g/mol. The Kier molecular flexibility index (Phi) is 3.48. The van der Waals surface area contributed by atoms with Gasteiger partial charge in [0.2, 0.25) is 5.91 Å². The number of hydrogen-bond donors (Lipinski definition) is 3. The lowest BCUT2D eigenvalue weighted by molar-refractivity contribution is -0.134. The van der Waals surface area contributed by atoms with Crippen LogP contribution >= 0.6 is 0 Å². The van der Waals surface area contributed by atoms with E-state index >= 15 is 0 Å². The Morgan fingerprint density at radius 3 is 2.45 bits per heavy atom. The minimum absolute atomic E-state index is 0.0620. The molecule has 2 rings (SSSR count). The highest BCUT2D eigenvalue weighted by Crippen LogP contribution is 2.46. The van der Waals surface area contributed by atoms with Crippen LogP contribution in [-0.4, -0.2) is 42.4 Å². The topological polar surface area (TPSA) is 122 Å². The van der Waals surface area contributed by atoms with Gasteiger partial charge in [0.15, 0.2) is 15.7 Å². The maximum absolute atomic E-state index is 12.5. The van der Waals surface area contributed by atoms with Crippen LogP contribution in [-0.2, 0) is 14.6 Å². The summed E-state index contributed by atoms with van der Waals surface area (Å²) in [4.78, 5) is 12.5. The van der Waals surface area contributed by atoms with E-state index in [0.717, 1.165) is 0 Å². The molecule has 1 aliphatic heterocycles. The second-order valence-corrected chi connectivity index (χ2v) is 8.62. The van der Waals surface area contributed by atoms with Crippen LogP contribution in [0.1, 0.15) is 33.1 Å². The van der Waals surface area contributed by atoms with Crippen molar-refractivity contribution in [1.29, 1.82) is 0 Å². The number of amides is 1. The van der Waals surface area contributed by atoms with Gasteiger partial charge in [0.05, 0.1) is 17.0 Å². The van der Waals surface area contributed by atoms with Crippen LogP contribution in [0.2, 0.25) is 0 Å². The lowest BCUT2D eigenvalue weighted by atomic mass is 9.61. The van der Waals surface area contributed by atoms with Gasteiger partial charge in [-0.3, -0.25) is 4.79 Å². The number of rotatable bonds is 3. The van der Waals surface area contributed by atoms with Gasteiger partial charge in [0.1, 0.15) is 5.41 Å². The Morgan fingerprint density at radius 1 is 1.45 bits per heavy atom. The lowest BCUT2D eigenvalue weighted by Gasteiger charge is -2.45. The molecule has 1 amide bonds. The third-order valence-electron chi connectivity index (χ3n) is 4.35. The van der Waals surface area contributed by atoms with Crippen LogP contribution in [0.15, 0.2) is 5.16 Å². The molecular formula is C12H21N3O4S. The standard InChI is InChI=1S/C12H21N3O4S/c1-8-5-12(6-8,9(13)15-17)10(16)14-11(2)3-4-20(18,19)7-11/h8,17H,3-7H2,1-2H3,(H2,13,15)(H,14,16). The molecule has 2 aliphatic rings. The van der Waals surface area contributed by atoms with Gasteiger partial charge in [-0.1, -0.05) is 12.1 Å². The van der Waals surface area contributed by atoms with Crippen LogP contribution in [0.25, 0.3) is 0 Å². The van der Waals surface area contributed by atoms with Crippen molar-refractivity contribution in [3.05, 3.63) is 0 Å². The molecule has 0 bridgehead atoms. The fourth-order valence-electron chi connectivity index (χ4n) is 3.24. The van der Waals surface area contributed by atoms with Crippen LogP contribution in [0.4, 0.5) is 0 Å². The summed E-state index contributed by atoms with van der Waals surface area (Å²) < 4.78 is 23.1. The Labute approximate surface area is 118 Å². The van der Waals surface area contributed by atoms with E-state index in [9.17, 15) is 13.2 Å². The zero-order chi connectivity index (χ0) is 15.2. The summed E-state index contributed by atoms with van der Waals surface area (Å²) in [6.45, 7) is 3.70. The molecule has 20 heavy (non-hydrogen) atoms. The Hall–Kier alpha value is -1.31. The summed E-state index contributed by atoms with van der Waals surface area (Å²) in [5, 5.41) is 14.6. The normalized spacial score (nSPS) is 40.1. The van der Waals surface area contributed by atoms with E-state index in [1.807, 2.05) is 6.92 Å². The number of nitrogens with zero attached hydrogens (tertiary/aromatic N) is 1. The molecule has 1 heterocycles. The van der Waals surface area contributed by atoms with Crippen LogP contribution < -0.4 is 11.1 Å². The van der Waals surface area contributed by atoms with E-state index < -0.39 is 20.8 Å². The van der Waals surface area contributed by atoms with Crippen molar-refractivity contribution in [1.82, 2.24) is 5.32 Å². The number of nitrogens with one attached hydrogen (secondary N) is 1. The smallest absolute Gasteiger partial charge is 0.234 e. The predicted molar refractivity (Wildman–Crippen MR) is 74.1 cm³/mol. The maximum Gasteiger partial charge on any atom is 0.234 e. The van der Waals surface area contributed by atoms with Crippen molar-refractivity contribution in [2.75, 3.05) is 11.5 Å². The molecule has 1 atom stereocenters. The molecule has 1 unspecified atom stereocenters. The lowest BCUT2D eigenvalue weighted by Crippen LogP contribution is -2.61. The van der Waals surface area contributed by atoms with Crippen molar-refractivity contribution in [3.63, 3.8) is 0 Å². The summed E-state index contributed by atoms with van der Waals surface area (Å²) in [5.74, 6) is -0.103. The Morgan fingerprint density at radius 2 is 2.05 bits per heavy atom. The number of amidine groups is 1. The van der Waals surface area contributed by atoms with Gasteiger partial charge in [-0.05, 0) is 32.1 Å². The Bertz CT molecular complexity index is 551. The molecule has 1 saturated carbocycles. The van der Waals surface area contributed by atoms with Crippen LogP contribution in [0, 0.1) is 11.3 Å². The molecule has 8 heteroatoms. The molecule has 2 fully saturated rings. The fraction of sp³-hybridized carbons (Fsp3) is 0.833. The van der Waals surface area contributed by atoms with E-state index in [0.29, 0.717) is 25.2 Å². The van der Waals surface area contributed by atoms with Crippen molar-refractivity contribution in [2.45, 2.75) is 38.6 Å². The monoisotopic (exact) mass is 303 g/mol. The van der Waals surface area contributed by atoms with Crippen molar-refractivity contribution < 1.29 is 18.4 Å². The van der Waals surface area contributed by atoms with Gasteiger partial charge < -0.3 is 16.3 Å². The van der Waals surface area contributed by atoms with E-state index in [1.165, 1.54) is 0 Å². The largest absolute Gasteiger partial charge is 0.409 e. The van der Waals surface area contributed by atoms with Crippen LogP contribution in [0.3, 0.4) is 0 Å². The minimum Gasteiger partial charge on any atom is -0.409 e. The second kappa shape index (κ2) is 4.61. The highest BCUT2D eigenvalue weighted by molar-refractivity contribution is 7.91. The first kappa shape index (κ1) is 15.1. The summed E-state index contributed by atoms with van der Waals surface area (Å²) >= 11 is 0. The van der Waals surface area contributed by atoms with Gasteiger partial charge >= 0.3 is 0 Å². The number of nitrogens with two attached hydrogens (primary N) is 1. The minimum atomic E-state index is -3.10. The highest BCUT2D eigenvalue weighted by Gasteiger charge is 2.54. The highest BCUT2D eigenvalue weighted by atomic mass is 32.2. The van der Waals surface area contributed by atoms with Crippen molar-refractivity contribution in [3.8, 4) is 0 Å². The zero-order valence-electron chi connectivity index (χ0n) is 11.7. The number of oxime groups is 1. The maximum atomic E-state index is 12.5. The average molecular weight is 303 g/mol. The van der Waals surface area contributed by atoms with Gasteiger partial charge in [0.25, 0.3) is 0 Å². The zero-order valence-corrected chi connectivity index (χ0v) is 12.5. The SMILES string of the molecule is CC1CC(C(=O)NC2(C)CCS(=O)(=O)C2)(C(N)=NO)C1. The molecule has 0 aromatic heterocycles. The van der Waals surface area contributed by atoms with E-state index in [-0.39, 0.29) is 23.2 Å². The van der Waals surface area contributed by atoms with Gasteiger partial charge in [-0.15, -0.1) is 0 Å². The Balaban J connectivity index is 2.15. The predicted octanol–water partition coefficient (Wildman–Crippen LogP) is -0.157. The van der Waals surface area contributed by atoms with Crippen molar-refractivity contribution >= 4 is 21.6 Å². The van der Waals surface area contributed by atoms with Gasteiger partial charge in [-0.2, -0.15) is 0 Å². The summed E-state index contributed by atoms with van der Waals surface area (Å²) in [7, 11) is -3.10. The molecule has 7 nitrogen and oxygen atoms in total. The third-order valence-corrected chi connectivity index (χ3v) is 6.25. The molecule has 114 valence electrons. The third kappa shape index (κ3) is 2.48. The number of sulfone groups is 1. The summed E-state index contributed by atoms with van der Waals surface area (Å²) in [6.07, 6.45) is 1.41. The molecule has 1 saturated heterocycles. The summed E-state index contributed by atoms with van der Waals surface area (Å²) in [6, 6.07) is 0. The molecule has 4 N–H and O–H groups in total. The first-order chi connectivity index (χ1) is 9.12. The van der Waals surface area contributed by atoms with Gasteiger partial charge in [-0.25, -0.2) is 8.42 Å². The first-order valence-electron chi connectivity index (χ1n) is 6.64. The van der Waals surface area contributed by atoms with Crippen molar-refractivity contribution in [2.24, 2.45) is 22.2 Å². The van der Waals surface area contributed by atoms with Crippen LogP contribution in [0.5, 0.6) is 0 Å². The molecule has 0 spiro atoms. The molecule has 1 aliphatic carbocycles. The fourth-order valence-corrected chi connectivity index (χ4v) is 5.33. The molecule has 0 aromatic rings. The molecule has 0 aromatic carbocycles. The quantitative estimate of drug-likeness (QED) is 0.289. The number of carbonyl (C=O) groups is 1. The van der Waals surface area contributed by atoms with Gasteiger partial charge in [0, 0.05) is 0 Å². The average Bonchev–Trinajstić information content (AvgIpc) is 2.57. The van der Waals surface area contributed by atoms with E-state index in [4.69, 9.17) is 10.9 Å². The molecule has 0 radical (unpaired) electrons. The van der Waals surface area contributed by atoms with E-state index in [2.05, 4.69) is 10.5 Å². The summed E-state index contributed by atoms with van der Waals surface area (Å²) in [5.41, 5.74) is 3.91. The first-order valence-corrected chi connectivity index (χ1v) is 8.46. The number of hydrogen-bond acceptors (Lipinski definition) is 5. The number of carbonyl (C=O) groups excluding carboxylic acids is 1. The van der Waals surface area contributed by atoms with E-state index in [1.54, 1.807) is 6.92 Å².